The minimum Gasteiger partial charge on any atom is -0.369 e. The van der Waals surface area contributed by atoms with Crippen LogP contribution < -0.4 is 0 Å². The van der Waals surface area contributed by atoms with Gasteiger partial charge in [-0.2, -0.15) is 0 Å². The van der Waals surface area contributed by atoms with Crippen LogP contribution in [-0.4, -0.2) is 5.16 Å². The lowest BCUT2D eigenvalue weighted by atomic mass is 10.2. The summed E-state index contributed by atoms with van der Waals surface area (Å²) in [4.78, 5) is 0. The van der Waals surface area contributed by atoms with Crippen LogP contribution in [0.15, 0.2) is 47.1 Å². The molecule has 14 heavy (non-hydrogen) atoms. The molecule has 0 amide bonds. The molecule has 1 aromatic carbocycles. The molecule has 0 atom stereocenters. The van der Waals surface area contributed by atoms with E-state index in [4.69, 9.17) is 9.26 Å². The third kappa shape index (κ3) is 2.44. The summed E-state index contributed by atoms with van der Waals surface area (Å²) in [5, 5.41) is 3.59. The fourth-order valence-corrected chi connectivity index (χ4v) is 1.16. The van der Waals surface area contributed by atoms with Crippen molar-refractivity contribution in [2.24, 2.45) is 0 Å². The fraction of sp³-hybridized carbons (Fsp3) is 0.182. The third-order valence-electron chi connectivity index (χ3n) is 1.85. The van der Waals surface area contributed by atoms with Crippen LogP contribution in [0, 0.1) is 0 Å². The Kier molecular flexibility index (Phi) is 2.93. The first-order chi connectivity index (χ1) is 6.95. The number of rotatable bonds is 4. The minimum atomic E-state index is 0.467. The van der Waals surface area contributed by atoms with E-state index < -0.39 is 0 Å². The molecule has 0 saturated carbocycles. The van der Waals surface area contributed by atoms with Gasteiger partial charge in [0.15, 0.2) is 5.76 Å². The van der Waals surface area contributed by atoms with Crippen molar-refractivity contribution in [2.45, 2.75) is 13.2 Å². The van der Waals surface area contributed by atoms with Gasteiger partial charge in [-0.1, -0.05) is 35.5 Å². The van der Waals surface area contributed by atoms with Crippen molar-refractivity contribution in [3.63, 3.8) is 0 Å². The molecule has 2 aromatic rings. The monoisotopic (exact) mass is 189 g/mol. The number of benzene rings is 1. The summed E-state index contributed by atoms with van der Waals surface area (Å²) in [6.45, 7) is 1.07. The highest BCUT2D eigenvalue weighted by Crippen LogP contribution is 2.04. The van der Waals surface area contributed by atoms with Crippen LogP contribution in [0.25, 0.3) is 0 Å². The van der Waals surface area contributed by atoms with Crippen molar-refractivity contribution in [1.82, 2.24) is 5.16 Å². The Morgan fingerprint density at radius 3 is 2.64 bits per heavy atom. The molecule has 1 heterocycles. The predicted octanol–water partition coefficient (Wildman–Crippen LogP) is 2.39. The molecular formula is C11H11NO2. The maximum atomic E-state index is 5.43. The van der Waals surface area contributed by atoms with Gasteiger partial charge in [-0.3, -0.25) is 0 Å². The van der Waals surface area contributed by atoms with E-state index in [-0.39, 0.29) is 0 Å². The quantitative estimate of drug-likeness (QED) is 0.740. The van der Waals surface area contributed by atoms with E-state index in [1.165, 1.54) is 0 Å². The number of hydrogen-bond acceptors (Lipinski definition) is 3. The molecule has 1 aromatic heterocycles. The molecule has 0 aliphatic rings. The van der Waals surface area contributed by atoms with Crippen molar-refractivity contribution in [1.29, 1.82) is 0 Å². The van der Waals surface area contributed by atoms with E-state index in [1.807, 2.05) is 30.3 Å². The zero-order valence-corrected chi connectivity index (χ0v) is 7.72. The smallest absolute Gasteiger partial charge is 0.162 e. The second kappa shape index (κ2) is 4.58. The van der Waals surface area contributed by atoms with Crippen molar-refractivity contribution in [3.8, 4) is 0 Å². The molecule has 0 aliphatic carbocycles. The Balaban J connectivity index is 1.79. The van der Waals surface area contributed by atoms with Crippen molar-refractivity contribution < 1.29 is 9.26 Å². The highest BCUT2D eigenvalue weighted by molar-refractivity contribution is 5.13. The maximum absolute atomic E-state index is 5.43. The zero-order chi connectivity index (χ0) is 9.64. The van der Waals surface area contributed by atoms with Gasteiger partial charge in [-0.05, 0) is 5.56 Å². The van der Waals surface area contributed by atoms with Crippen molar-refractivity contribution in [3.05, 3.63) is 53.9 Å². The minimum absolute atomic E-state index is 0.467. The van der Waals surface area contributed by atoms with Crippen LogP contribution in [0.5, 0.6) is 0 Å². The Morgan fingerprint density at radius 2 is 1.93 bits per heavy atom. The summed E-state index contributed by atoms with van der Waals surface area (Å²) in [7, 11) is 0. The molecule has 3 nitrogen and oxygen atoms in total. The summed E-state index contributed by atoms with van der Waals surface area (Å²) in [5.41, 5.74) is 1.16. The molecule has 0 N–H and O–H groups in total. The summed E-state index contributed by atoms with van der Waals surface area (Å²) >= 11 is 0. The van der Waals surface area contributed by atoms with Crippen molar-refractivity contribution >= 4 is 0 Å². The van der Waals surface area contributed by atoms with Gasteiger partial charge in [-0.15, -0.1) is 0 Å². The topological polar surface area (TPSA) is 35.3 Å². The van der Waals surface area contributed by atoms with Gasteiger partial charge in [0.1, 0.15) is 6.61 Å². The van der Waals surface area contributed by atoms with Crippen LogP contribution in [0.3, 0.4) is 0 Å². The molecule has 0 fully saturated rings. The van der Waals surface area contributed by atoms with Crippen LogP contribution in [0.2, 0.25) is 0 Å². The first kappa shape index (κ1) is 8.97. The average molecular weight is 189 g/mol. The van der Waals surface area contributed by atoms with Gasteiger partial charge in [0.05, 0.1) is 12.8 Å². The lowest BCUT2D eigenvalue weighted by Gasteiger charge is -2.00. The van der Waals surface area contributed by atoms with Gasteiger partial charge in [-0.25, -0.2) is 0 Å². The number of ether oxygens (including phenoxy) is 1. The Hall–Kier alpha value is -1.61. The Bertz CT molecular complexity index is 356. The van der Waals surface area contributed by atoms with Crippen LogP contribution in [0.4, 0.5) is 0 Å². The van der Waals surface area contributed by atoms with E-state index in [0.717, 1.165) is 11.3 Å². The lowest BCUT2D eigenvalue weighted by Crippen LogP contribution is -1.92. The SMILES string of the molecule is c1ccc(COCc2ccno2)cc1. The molecule has 72 valence electrons. The largest absolute Gasteiger partial charge is 0.369 e. The van der Waals surface area contributed by atoms with Gasteiger partial charge < -0.3 is 9.26 Å². The summed E-state index contributed by atoms with van der Waals surface area (Å²) in [6, 6.07) is 11.8. The Morgan fingerprint density at radius 1 is 1.07 bits per heavy atom. The predicted molar refractivity (Wildman–Crippen MR) is 51.4 cm³/mol. The molecule has 0 aliphatic heterocycles. The van der Waals surface area contributed by atoms with Crippen LogP contribution in [0.1, 0.15) is 11.3 Å². The number of hydrogen-bond donors (Lipinski definition) is 0. The summed E-state index contributed by atoms with van der Waals surface area (Å²) in [5.74, 6) is 0.751. The number of aromatic nitrogens is 1. The molecule has 0 unspecified atom stereocenters. The molecule has 0 spiro atoms. The molecule has 2 rings (SSSR count). The van der Waals surface area contributed by atoms with E-state index in [0.29, 0.717) is 13.2 Å². The molecular weight excluding hydrogens is 178 g/mol. The van der Waals surface area contributed by atoms with Crippen LogP contribution >= 0.6 is 0 Å². The molecule has 0 radical (unpaired) electrons. The second-order valence-corrected chi connectivity index (χ2v) is 2.96. The molecule has 0 saturated heterocycles. The van der Waals surface area contributed by atoms with Crippen LogP contribution in [-0.2, 0) is 18.0 Å². The Labute approximate surface area is 82.3 Å². The molecule has 0 bridgehead atoms. The maximum Gasteiger partial charge on any atom is 0.162 e. The normalized spacial score (nSPS) is 10.3. The van der Waals surface area contributed by atoms with Gasteiger partial charge >= 0.3 is 0 Å². The summed E-state index contributed by atoms with van der Waals surface area (Å²) < 4.78 is 10.3. The second-order valence-electron chi connectivity index (χ2n) is 2.96. The highest BCUT2D eigenvalue weighted by atomic mass is 16.5. The highest BCUT2D eigenvalue weighted by Gasteiger charge is 1.96. The third-order valence-corrected chi connectivity index (χ3v) is 1.85. The lowest BCUT2D eigenvalue weighted by molar-refractivity contribution is 0.0884. The first-order valence-corrected chi connectivity index (χ1v) is 4.46. The first-order valence-electron chi connectivity index (χ1n) is 4.46. The zero-order valence-electron chi connectivity index (χ0n) is 7.72. The van der Waals surface area contributed by atoms with E-state index in [2.05, 4.69) is 5.16 Å². The van der Waals surface area contributed by atoms with E-state index >= 15 is 0 Å². The van der Waals surface area contributed by atoms with Crippen molar-refractivity contribution in [2.75, 3.05) is 0 Å². The van der Waals surface area contributed by atoms with Gasteiger partial charge in [0, 0.05) is 6.07 Å². The standard InChI is InChI=1S/C11H11NO2/c1-2-4-10(5-3-1)8-13-9-11-6-7-12-14-11/h1-7H,8-9H2. The fourth-order valence-electron chi connectivity index (χ4n) is 1.16. The van der Waals surface area contributed by atoms with E-state index in [9.17, 15) is 0 Å². The van der Waals surface area contributed by atoms with Gasteiger partial charge in [0.25, 0.3) is 0 Å². The summed E-state index contributed by atoms with van der Waals surface area (Å²) in [6.07, 6.45) is 1.61. The number of nitrogens with zero attached hydrogens (tertiary/aromatic N) is 1. The molecule has 3 heteroatoms. The van der Waals surface area contributed by atoms with E-state index in [1.54, 1.807) is 12.3 Å². The average Bonchev–Trinajstić information content (AvgIpc) is 2.72. The van der Waals surface area contributed by atoms with Gasteiger partial charge in [0.2, 0.25) is 0 Å².